The highest BCUT2D eigenvalue weighted by atomic mass is 32.2. The van der Waals surface area contributed by atoms with Crippen molar-refractivity contribution in [2.75, 3.05) is 24.2 Å². The van der Waals surface area contributed by atoms with Gasteiger partial charge in [-0.05, 0) is 24.1 Å². The van der Waals surface area contributed by atoms with E-state index in [0.717, 1.165) is 10.6 Å². The summed E-state index contributed by atoms with van der Waals surface area (Å²) in [5.41, 5.74) is 0.924. The Labute approximate surface area is 114 Å². The van der Waals surface area contributed by atoms with Crippen molar-refractivity contribution >= 4 is 21.6 Å². The lowest BCUT2D eigenvalue weighted by Crippen LogP contribution is -2.28. The number of hydrogen-bond acceptors (Lipinski definition) is 3. The summed E-state index contributed by atoms with van der Waals surface area (Å²) in [4.78, 5) is 11.9. The summed E-state index contributed by atoms with van der Waals surface area (Å²) in [6.45, 7) is 4.60. The first-order chi connectivity index (χ1) is 8.71. The summed E-state index contributed by atoms with van der Waals surface area (Å²) in [7, 11) is -1.86. The largest absolute Gasteiger partial charge is 0.352 e. The van der Waals surface area contributed by atoms with Gasteiger partial charge in [-0.2, -0.15) is 0 Å². The molecular formula is C13H20N2O3S. The molecule has 1 aromatic rings. The van der Waals surface area contributed by atoms with Gasteiger partial charge in [0.1, 0.15) is 0 Å². The predicted octanol–water partition coefficient (Wildman–Crippen LogP) is 1.47. The molecule has 0 bridgehead atoms. The molecule has 19 heavy (non-hydrogen) atoms. The molecule has 0 aromatic heterocycles. The van der Waals surface area contributed by atoms with Crippen LogP contribution in [-0.2, 0) is 10.0 Å². The molecule has 1 aromatic carbocycles. The second-order valence-electron chi connectivity index (χ2n) is 4.88. The van der Waals surface area contributed by atoms with Crippen LogP contribution in [0.25, 0.3) is 0 Å². The van der Waals surface area contributed by atoms with Gasteiger partial charge in [-0.25, -0.2) is 8.42 Å². The number of carbonyl (C=O) groups is 1. The molecule has 1 N–H and O–H groups in total. The van der Waals surface area contributed by atoms with Crippen LogP contribution in [-0.4, -0.2) is 34.2 Å². The second kappa shape index (κ2) is 6.06. The Morgan fingerprint density at radius 1 is 1.37 bits per heavy atom. The maximum Gasteiger partial charge on any atom is 0.251 e. The first-order valence-corrected chi connectivity index (χ1v) is 7.89. The number of benzene rings is 1. The molecule has 5 nitrogen and oxygen atoms in total. The van der Waals surface area contributed by atoms with E-state index in [4.69, 9.17) is 0 Å². The van der Waals surface area contributed by atoms with Gasteiger partial charge in [-0.1, -0.05) is 19.9 Å². The molecule has 0 saturated carbocycles. The lowest BCUT2D eigenvalue weighted by molar-refractivity contribution is 0.0949. The number of nitrogens with zero attached hydrogens (tertiary/aromatic N) is 1. The van der Waals surface area contributed by atoms with E-state index in [1.807, 2.05) is 13.8 Å². The highest BCUT2D eigenvalue weighted by Crippen LogP contribution is 2.17. The smallest absolute Gasteiger partial charge is 0.251 e. The molecule has 0 spiro atoms. The van der Waals surface area contributed by atoms with Crippen molar-refractivity contribution in [2.24, 2.45) is 5.92 Å². The monoisotopic (exact) mass is 284 g/mol. The number of nitrogens with one attached hydrogen (secondary N) is 1. The molecular weight excluding hydrogens is 264 g/mol. The molecule has 0 aliphatic carbocycles. The Kier molecular flexibility index (Phi) is 4.94. The lowest BCUT2D eigenvalue weighted by Gasteiger charge is -2.17. The third kappa shape index (κ3) is 4.55. The number of amides is 1. The van der Waals surface area contributed by atoms with Crippen LogP contribution in [0.2, 0.25) is 0 Å². The molecule has 0 heterocycles. The average molecular weight is 284 g/mol. The van der Waals surface area contributed by atoms with Crippen molar-refractivity contribution in [1.29, 1.82) is 0 Å². The molecule has 0 saturated heterocycles. The van der Waals surface area contributed by atoms with E-state index in [-0.39, 0.29) is 5.91 Å². The van der Waals surface area contributed by atoms with Gasteiger partial charge >= 0.3 is 0 Å². The normalized spacial score (nSPS) is 11.4. The zero-order chi connectivity index (χ0) is 14.6. The minimum Gasteiger partial charge on any atom is -0.352 e. The standard InChI is InChI=1S/C13H20N2O3S/c1-10(2)9-14-13(16)11-6-5-7-12(8-11)15(3)19(4,17)18/h5-8,10H,9H2,1-4H3,(H,14,16). The Hall–Kier alpha value is -1.56. The van der Waals surface area contributed by atoms with Crippen molar-refractivity contribution in [3.63, 3.8) is 0 Å². The van der Waals surface area contributed by atoms with Crippen molar-refractivity contribution in [1.82, 2.24) is 5.32 Å². The van der Waals surface area contributed by atoms with Gasteiger partial charge in [0.05, 0.1) is 11.9 Å². The molecule has 0 aliphatic heterocycles. The molecule has 0 radical (unpaired) electrons. The van der Waals surface area contributed by atoms with Crippen molar-refractivity contribution < 1.29 is 13.2 Å². The maximum absolute atomic E-state index is 11.9. The number of rotatable bonds is 5. The molecule has 0 fully saturated rings. The molecule has 1 rings (SSSR count). The summed E-state index contributed by atoms with van der Waals surface area (Å²) in [5, 5.41) is 2.80. The zero-order valence-corrected chi connectivity index (χ0v) is 12.5. The van der Waals surface area contributed by atoms with Gasteiger partial charge in [0.25, 0.3) is 5.91 Å². The Morgan fingerprint density at radius 2 is 2.00 bits per heavy atom. The van der Waals surface area contributed by atoms with Crippen LogP contribution < -0.4 is 9.62 Å². The van der Waals surface area contributed by atoms with Gasteiger partial charge in [-0.15, -0.1) is 0 Å². The number of sulfonamides is 1. The third-order valence-corrected chi connectivity index (χ3v) is 3.85. The SMILES string of the molecule is CC(C)CNC(=O)c1cccc(N(C)S(C)(=O)=O)c1. The summed E-state index contributed by atoms with van der Waals surface area (Å²) in [5.74, 6) is 0.170. The van der Waals surface area contributed by atoms with Crippen LogP contribution in [0.1, 0.15) is 24.2 Å². The molecule has 0 atom stereocenters. The zero-order valence-electron chi connectivity index (χ0n) is 11.7. The summed E-state index contributed by atoms with van der Waals surface area (Å²) >= 11 is 0. The number of hydrogen-bond donors (Lipinski definition) is 1. The third-order valence-electron chi connectivity index (χ3n) is 2.64. The van der Waals surface area contributed by atoms with Crippen LogP contribution in [0.3, 0.4) is 0 Å². The van der Waals surface area contributed by atoms with Crippen LogP contribution in [0, 0.1) is 5.92 Å². The lowest BCUT2D eigenvalue weighted by atomic mass is 10.1. The minimum atomic E-state index is -3.32. The molecule has 0 unspecified atom stereocenters. The van der Waals surface area contributed by atoms with Gasteiger partial charge in [0.2, 0.25) is 10.0 Å². The van der Waals surface area contributed by atoms with Gasteiger partial charge in [0, 0.05) is 19.2 Å². The fourth-order valence-corrected chi connectivity index (χ4v) is 1.93. The second-order valence-corrected chi connectivity index (χ2v) is 6.90. The summed E-state index contributed by atoms with van der Waals surface area (Å²) < 4.78 is 24.1. The quantitative estimate of drug-likeness (QED) is 0.890. The predicted molar refractivity (Wildman–Crippen MR) is 76.9 cm³/mol. The average Bonchev–Trinajstić information content (AvgIpc) is 2.34. The van der Waals surface area contributed by atoms with Crippen LogP contribution in [0.5, 0.6) is 0 Å². The maximum atomic E-state index is 11.9. The number of carbonyl (C=O) groups excluding carboxylic acids is 1. The summed E-state index contributed by atoms with van der Waals surface area (Å²) in [6, 6.07) is 6.55. The van der Waals surface area contributed by atoms with E-state index in [2.05, 4.69) is 5.32 Å². The van der Waals surface area contributed by atoms with Gasteiger partial charge in [-0.3, -0.25) is 9.10 Å². The molecule has 0 aliphatic rings. The van der Waals surface area contributed by atoms with Crippen LogP contribution in [0.4, 0.5) is 5.69 Å². The highest BCUT2D eigenvalue weighted by Gasteiger charge is 2.14. The first kappa shape index (κ1) is 15.5. The topological polar surface area (TPSA) is 66.5 Å². The highest BCUT2D eigenvalue weighted by molar-refractivity contribution is 7.92. The fourth-order valence-electron chi connectivity index (χ4n) is 1.43. The van der Waals surface area contributed by atoms with E-state index in [1.165, 1.54) is 7.05 Å². The van der Waals surface area contributed by atoms with Crippen LogP contribution >= 0.6 is 0 Å². The Balaban J connectivity index is 2.91. The molecule has 1 amide bonds. The van der Waals surface area contributed by atoms with Gasteiger partial charge in [0.15, 0.2) is 0 Å². The van der Waals surface area contributed by atoms with E-state index < -0.39 is 10.0 Å². The van der Waals surface area contributed by atoms with Gasteiger partial charge < -0.3 is 5.32 Å². The molecule has 106 valence electrons. The Morgan fingerprint density at radius 3 is 2.53 bits per heavy atom. The van der Waals surface area contributed by atoms with Crippen molar-refractivity contribution in [2.45, 2.75) is 13.8 Å². The van der Waals surface area contributed by atoms with E-state index >= 15 is 0 Å². The number of anilines is 1. The fraction of sp³-hybridized carbons (Fsp3) is 0.462. The Bertz CT molecular complexity index is 553. The van der Waals surface area contributed by atoms with Crippen molar-refractivity contribution in [3.8, 4) is 0 Å². The van der Waals surface area contributed by atoms with Crippen molar-refractivity contribution in [3.05, 3.63) is 29.8 Å². The molecule has 6 heteroatoms. The van der Waals surface area contributed by atoms with E-state index in [0.29, 0.717) is 23.7 Å². The minimum absolute atomic E-state index is 0.197. The van der Waals surface area contributed by atoms with Crippen LogP contribution in [0.15, 0.2) is 24.3 Å². The van der Waals surface area contributed by atoms with E-state index in [1.54, 1.807) is 24.3 Å². The summed E-state index contributed by atoms with van der Waals surface area (Å²) in [6.07, 6.45) is 1.12. The first-order valence-electron chi connectivity index (χ1n) is 6.04. The van der Waals surface area contributed by atoms with E-state index in [9.17, 15) is 13.2 Å².